The van der Waals surface area contributed by atoms with Crippen molar-refractivity contribution in [1.29, 1.82) is 0 Å². The van der Waals surface area contributed by atoms with E-state index < -0.39 is 29.4 Å². The molecule has 4 aromatic rings. The number of aromatic nitrogens is 3. The molecule has 2 heterocycles. The molecule has 0 bridgehead atoms. The van der Waals surface area contributed by atoms with Crippen molar-refractivity contribution < 1.29 is 31.9 Å². The van der Waals surface area contributed by atoms with Gasteiger partial charge in [0.1, 0.15) is 17.2 Å². The maximum atomic E-state index is 13.6. The topological polar surface area (TPSA) is 105 Å². The Morgan fingerprint density at radius 3 is 2.58 bits per heavy atom. The van der Waals surface area contributed by atoms with Gasteiger partial charge >= 0.3 is 6.18 Å². The van der Waals surface area contributed by atoms with Crippen LogP contribution in [-0.4, -0.2) is 32.2 Å². The molecule has 5 rings (SSSR count). The molecule has 40 heavy (non-hydrogen) atoms. The lowest BCUT2D eigenvalue weighted by atomic mass is 9.96. The van der Waals surface area contributed by atoms with E-state index in [1.165, 1.54) is 29.8 Å². The second-order valence-corrected chi connectivity index (χ2v) is 9.55. The van der Waals surface area contributed by atoms with E-state index >= 15 is 0 Å². The normalized spacial score (nSPS) is 14.7. The van der Waals surface area contributed by atoms with Gasteiger partial charge < -0.3 is 10.6 Å². The van der Waals surface area contributed by atoms with Gasteiger partial charge in [-0.05, 0) is 61.1 Å². The first-order valence-electron chi connectivity index (χ1n) is 12.4. The molecule has 0 saturated heterocycles. The maximum Gasteiger partial charge on any atom is 0.419 e. The van der Waals surface area contributed by atoms with Crippen molar-refractivity contribution in [2.75, 3.05) is 0 Å². The Morgan fingerprint density at radius 2 is 1.85 bits per heavy atom. The van der Waals surface area contributed by atoms with Gasteiger partial charge in [-0.2, -0.15) is 18.3 Å². The van der Waals surface area contributed by atoms with Crippen molar-refractivity contribution in [2.24, 2.45) is 0 Å². The molecule has 0 aliphatic heterocycles. The lowest BCUT2D eigenvalue weighted by Gasteiger charge is -2.16. The minimum Gasteiger partial charge on any atom is -0.347 e. The molecule has 1 aliphatic carbocycles. The molecular weight excluding hydrogens is 530 g/mol. The van der Waals surface area contributed by atoms with E-state index in [0.717, 1.165) is 22.8 Å². The summed E-state index contributed by atoms with van der Waals surface area (Å²) < 4.78 is 54.0. The highest BCUT2D eigenvalue weighted by Gasteiger charge is 2.34. The molecule has 12 heteroatoms. The highest BCUT2D eigenvalue weighted by Crippen LogP contribution is 2.35. The Balaban J connectivity index is 1.36. The van der Waals surface area contributed by atoms with Crippen molar-refractivity contribution in [1.82, 2.24) is 25.2 Å². The Bertz CT molecular complexity index is 1680. The number of amides is 2. The SMILES string of the molecule is CC(=O)c1ccc2c(c1C)CC[C@@H]2NC(=O)c1cc(C(=O)NCc2ccc(F)c(C(F)(F)F)c2)nc2ccnn12. The van der Waals surface area contributed by atoms with Crippen molar-refractivity contribution in [3.8, 4) is 0 Å². The molecule has 1 aliphatic rings. The summed E-state index contributed by atoms with van der Waals surface area (Å²) >= 11 is 0. The zero-order chi connectivity index (χ0) is 28.8. The third-order valence-electron chi connectivity index (χ3n) is 6.99. The summed E-state index contributed by atoms with van der Waals surface area (Å²) in [5.74, 6) is -2.69. The Labute approximate surface area is 225 Å². The van der Waals surface area contributed by atoms with Crippen LogP contribution in [0.3, 0.4) is 0 Å². The van der Waals surface area contributed by atoms with Gasteiger partial charge in [-0.25, -0.2) is 13.9 Å². The third kappa shape index (κ3) is 5.04. The van der Waals surface area contributed by atoms with E-state index in [0.29, 0.717) is 30.5 Å². The number of Topliss-reactive ketones (excluding diaryl/α,β-unsaturated/α-hetero) is 1. The number of rotatable bonds is 6. The summed E-state index contributed by atoms with van der Waals surface area (Å²) in [6.07, 6.45) is -2.15. The average molecular weight is 554 g/mol. The summed E-state index contributed by atoms with van der Waals surface area (Å²) in [4.78, 5) is 42.4. The minimum absolute atomic E-state index is 0.0309. The molecule has 0 saturated carbocycles. The smallest absolute Gasteiger partial charge is 0.347 e. The quantitative estimate of drug-likeness (QED) is 0.265. The molecule has 206 valence electrons. The van der Waals surface area contributed by atoms with E-state index in [4.69, 9.17) is 0 Å². The molecule has 1 atom stereocenters. The first-order chi connectivity index (χ1) is 18.9. The molecule has 0 radical (unpaired) electrons. The lowest BCUT2D eigenvalue weighted by molar-refractivity contribution is -0.140. The summed E-state index contributed by atoms with van der Waals surface area (Å²) in [6, 6.07) is 8.47. The first kappa shape index (κ1) is 27.0. The predicted molar refractivity (Wildman–Crippen MR) is 135 cm³/mol. The number of carbonyl (C=O) groups excluding carboxylic acids is 3. The summed E-state index contributed by atoms with van der Waals surface area (Å²) in [5.41, 5.74) is 2.17. The molecule has 2 aromatic heterocycles. The van der Waals surface area contributed by atoms with Crippen molar-refractivity contribution in [3.63, 3.8) is 0 Å². The molecular formula is C28H23F4N5O3. The molecule has 0 fully saturated rings. The largest absolute Gasteiger partial charge is 0.419 e. The van der Waals surface area contributed by atoms with Crippen molar-refractivity contribution in [3.05, 3.63) is 99.2 Å². The monoisotopic (exact) mass is 553 g/mol. The number of fused-ring (bicyclic) bond motifs is 2. The van der Waals surface area contributed by atoms with Crippen LogP contribution in [0.5, 0.6) is 0 Å². The number of ketones is 1. The van der Waals surface area contributed by atoms with Gasteiger partial charge in [0.15, 0.2) is 11.4 Å². The molecule has 2 amide bonds. The number of hydrogen-bond acceptors (Lipinski definition) is 5. The maximum absolute atomic E-state index is 13.6. The van der Waals surface area contributed by atoms with Crippen LogP contribution in [0.25, 0.3) is 5.65 Å². The van der Waals surface area contributed by atoms with Crippen LogP contribution in [0.1, 0.15) is 78.5 Å². The van der Waals surface area contributed by atoms with Crippen LogP contribution in [-0.2, 0) is 19.1 Å². The molecule has 0 spiro atoms. The van der Waals surface area contributed by atoms with Crippen LogP contribution in [0, 0.1) is 12.7 Å². The van der Waals surface area contributed by atoms with E-state index in [9.17, 15) is 31.9 Å². The van der Waals surface area contributed by atoms with E-state index in [2.05, 4.69) is 20.7 Å². The Morgan fingerprint density at radius 1 is 1.07 bits per heavy atom. The van der Waals surface area contributed by atoms with Gasteiger partial charge in [-0.15, -0.1) is 0 Å². The van der Waals surface area contributed by atoms with Crippen molar-refractivity contribution in [2.45, 2.75) is 45.5 Å². The Kier molecular flexibility index (Phi) is 6.86. The number of nitrogens with zero attached hydrogens (tertiary/aromatic N) is 3. The van der Waals surface area contributed by atoms with Crippen LogP contribution in [0.4, 0.5) is 17.6 Å². The fraction of sp³-hybridized carbons (Fsp3) is 0.250. The molecule has 8 nitrogen and oxygen atoms in total. The number of nitrogens with one attached hydrogen (secondary N) is 2. The van der Waals surface area contributed by atoms with Gasteiger partial charge in [-0.3, -0.25) is 14.4 Å². The predicted octanol–water partition coefficient (Wildman–Crippen LogP) is 4.75. The lowest BCUT2D eigenvalue weighted by Crippen LogP contribution is -2.30. The van der Waals surface area contributed by atoms with E-state index in [-0.39, 0.29) is 41.0 Å². The van der Waals surface area contributed by atoms with E-state index in [1.807, 2.05) is 13.0 Å². The van der Waals surface area contributed by atoms with Gasteiger partial charge in [0.2, 0.25) is 0 Å². The highest BCUT2D eigenvalue weighted by molar-refractivity contribution is 5.99. The second-order valence-electron chi connectivity index (χ2n) is 9.55. The Hall–Kier alpha value is -4.61. The summed E-state index contributed by atoms with van der Waals surface area (Å²) in [7, 11) is 0. The standard InChI is InChI=1S/C28H23F4N5O3/c1-14-17(15(2)38)4-5-19-18(14)6-8-22(19)36-27(40)24-12-23(35-25-9-10-34-37(24)25)26(39)33-13-16-3-7-21(29)20(11-16)28(30,31)32/h3-5,7,9-12,22H,6,8,13H2,1-2H3,(H,33,39)(H,36,40)/t22-/m0/s1. The van der Waals surface area contributed by atoms with Gasteiger partial charge in [0.05, 0.1) is 17.8 Å². The van der Waals surface area contributed by atoms with Gasteiger partial charge in [-0.1, -0.05) is 18.2 Å². The van der Waals surface area contributed by atoms with Crippen LogP contribution in [0.2, 0.25) is 0 Å². The fourth-order valence-corrected chi connectivity index (χ4v) is 5.01. The summed E-state index contributed by atoms with van der Waals surface area (Å²) in [5, 5.41) is 9.56. The number of hydrogen-bond donors (Lipinski definition) is 2. The third-order valence-corrected chi connectivity index (χ3v) is 6.99. The van der Waals surface area contributed by atoms with Crippen LogP contribution in [0.15, 0.2) is 48.7 Å². The number of alkyl halides is 3. The number of benzene rings is 2. The van der Waals surface area contributed by atoms with Gasteiger partial charge in [0.25, 0.3) is 11.8 Å². The molecule has 2 aromatic carbocycles. The first-order valence-corrected chi connectivity index (χ1v) is 12.4. The highest BCUT2D eigenvalue weighted by atomic mass is 19.4. The average Bonchev–Trinajstić information content (AvgIpc) is 3.54. The van der Waals surface area contributed by atoms with E-state index in [1.54, 1.807) is 6.07 Å². The fourth-order valence-electron chi connectivity index (χ4n) is 5.01. The van der Waals surface area contributed by atoms with Crippen LogP contribution < -0.4 is 10.6 Å². The summed E-state index contributed by atoms with van der Waals surface area (Å²) in [6.45, 7) is 3.07. The minimum atomic E-state index is -4.88. The molecule has 0 unspecified atom stereocenters. The van der Waals surface area contributed by atoms with Crippen molar-refractivity contribution >= 4 is 23.2 Å². The van der Waals surface area contributed by atoms with Crippen LogP contribution >= 0.6 is 0 Å². The second kappa shape index (κ2) is 10.2. The zero-order valence-electron chi connectivity index (χ0n) is 21.4. The van der Waals surface area contributed by atoms with Gasteiger partial charge in [0, 0.05) is 24.2 Å². The number of halogens is 4. The number of carbonyl (C=O) groups is 3. The molecule has 2 N–H and O–H groups in total. The zero-order valence-corrected chi connectivity index (χ0v) is 21.4.